The molecule has 0 bridgehead atoms. The summed E-state index contributed by atoms with van der Waals surface area (Å²) >= 11 is 1.42. The zero-order valence-corrected chi connectivity index (χ0v) is 14.8. The maximum atomic E-state index is 12.6. The molecule has 0 spiro atoms. The van der Waals surface area contributed by atoms with Crippen LogP contribution in [0.15, 0.2) is 35.5 Å². The van der Waals surface area contributed by atoms with Gasteiger partial charge in [0.25, 0.3) is 0 Å². The van der Waals surface area contributed by atoms with Gasteiger partial charge in [0.15, 0.2) is 0 Å². The predicted octanol–water partition coefficient (Wildman–Crippen LogP) is 2.60. The summed E-state index contributed by atoms with van der Waals surface area (Å²) in [6.07, 6.45) is 4.49. The zero-order chi connectivity index (χ0) is 16.8. The van der Waals surface area contributed by atoms with Gasteiger partial charge in [-0.1, -0.05) is 49.0 Å². The summed E-state index contributed by atoms with van der Waals surface area (Å²) in [4.78, 5) is 14.6. The molecule has 24 heavy (non-hydrogen) atoms. The van der Waals surface area contributed by atoms with Crippen LogP contribution in [0.5, 0.6) is 0 Å². The Morgan fingerprint density at radius 2 is 2.12 bits per heavy atom. The fourth-order valence-corrected chi connectivity index (χ4v) is 3.88. The van der Waals surface area contributed by atoms with E-state index >= 15 is 0 Å². The van der Waals surface area contributed by atoms with Crippen molar-refractivity contribution in [3.05, 3.63) is 35.9 Å². The smallest absolute Gasteiger partial charge is 0.233 e. The lowest BCUT2D eigenvalue weighted by Gasteiger charge is -2.35. The van der Waals surface area contributed by atoms with Crippen molar-refractivity contribution in [2.45, 2.75) is 50.4 Å². The van der Waals surface area contributed by atoms with Crippen LogP contribution in [0.1, 0.15) is 38.2 Å². The van der Waals surface area contributed by atoms with Gasteiger partial charge in [0, 0.05) is 12.6 Å². The molecule has 6 nitrogen and oxygen atoms in total. The van der Waals surface area contributed by atoms with Crippen molar-refractivity contribution >= 4 is 17.7 Å². The van der Waals surface area contributed by atoms with Gasteiger partial charge < -0.3 is 4.90 Å². The summed E-state index contributed by atoms with van der Waals surface area (Å²) in [5, 5.41) is 12.6. The van der Waals surface area contributed by atoms with E-state index in [1.807, 2.05) is 35.2 Å². The van der Waals surface area contributed by atoms with Crippen LogP contribution in [0.4, 0.5) is 0 Å². The van der Waals surface area contributed by atoms with E-state index in [0.717, 1.165) is 31.4 Å². The average Bonchev–Trinajstić information content (AvgIpc) is 3.07. The molecule has 128 valence electrons. The van der Waals surface area contributed by atoms with E-state index in [4.69, 9.17) is 0 Å². The molecule has 1 aliphatic rings. The lowest BCUT2D eigenvalue weighted by atomic mass is 10.0. The first-order chi connectivity index (χ1) is 11.8. The van der Waals surface area contributed by atoms with Crippen molar-refractivity contribution in [3.8, 4) is 0 Å². The summed E-state index contributed by atoms with van der Waals surface area (Å²) in [6, 6.07) is 10.5. The molecule has 0 aliphatic carbocycles. The molecular weight excluding hydrogens is 322 g/mol. The molecule has 2 heterocycles. The van der Waals surface area contributed by atoms with Crippen molar-refractivity contribution in [1.29, 1.82) is 0 Å². The third kappa shape index (κ3) is 4.14. The molecule has 0 saturated carbocycles. The zero-order valence-electron chi connectivity index (χ0n) is 14.0. The molecule has 1 atom stereocenters. The third-order valence-corrected chi connectivity index (χ3v) is 5.36. The molecule has 2 aromatic rings. The molecule has 1 aromatic heterocycles. The highest BCUT2D eigenvalue weighted by atomic mass is 32.2. The van der Waals surface area contributed by atoms with Gasteiger partial charge in [-0.25, -0.2) is 4.68 Å². The minimum atomic E-state index is 0.195. The van der Waals surface area contributed by atoms with Crippen molar-refractivity contribution in [1.82, 2.24) is 25.1 Å². The largest absolute Gasteiger partial charge is 0.339 e. The minimum absolute atomic E-state index is 0.195. The highest BCUT2D eigenvalue weighted by Crippen LogP contribution is 2.22. The predicted molar refractivity (Wildman–Crippen MR) is 93.7 cm³/mol. The van der Waals surface area contributed by atoms with E-state index in [1.54, 1.807) is 4.68 Å². The third-order valence-electron chi connectivity index (χ3n) is 4.42. The van der Waals surface area contributed by atoms with Gasteiger partial charge in [-0.15, -0.1) is 5.10 Å². The maximum Gasteiger partial charge on any atom is 0.233 e. The van der Waals surface area contributed by atoms with Crippen LogP contribution in [0.2, 0.25) is 0 Å². The Balaban J connectivity index is 1.59. The summed E-state index contributed by atoms with van der Waals surface area (Å²) in [5.74, 6) is 0.590. The average molecular weight is 345 g/mol. The Kier molecular flexibility index (Phi) is 5.85. The molecule has 1 aliphatic heterocycles. The number of likely N-dealkylation sites (tertiary alicyclic amines) is 1. The van der Waals surface area contributed by atoms with Crippen molar-refractivity contribution < 1.29 is 4.79 Å². The van der Waals surface area contributed by atoms with E-state index in [9.17, 15) is 4.79 Å². The number of carbonyl (C=O) groups excluding carboxylic acids is 1. The monoisotopic (exact) mass is 345 g/mol. The SMILES string of the molecule is CCC1CCCCN1C(=O)CSc1nnnn1Cc1ccccc1. The van der Waals surface area contributed by atoms with Crippen LogP contribution < -0.4 is 0 Å². The number of nitrogens with zero attached hydrogens (tertiary/aromatic N) is 5. The maximum absolute atomic E-state index is 12.6. The van der Waals surface area contributed by atoms with Crippen LogP contribution in [0.25, 0.3) is 0 Å². The van der Waals surface area contributed by atoms with E-state index in [0.29, 0.717) is 23.5 Å². The van der Waals surface area contributed by atoms with Crippen LogP contribution in [0, 0.1) is 0 Å². The number of benzene rings is 1. The first-order valence-electron chi connectivity index (χ1n) is 8.50. The van der Waals surface area contributed by atoms with E-state index in [1.165, 1.54) is 18.2 Å². The normalized spacial score (nSPS) is 17.9. The first kappa shape index (κ1) is 17.0. The number of hydrogen-bond acceptors (Lipinski definition) is 5. The molecular formula is C17H23N5OS. The van der Waals surface area contributed by atoms with Gasteiger partial charge in [-0.05, 0) is 41.7 Å². The quantitative estimate of drug-likeness (QED) is 0.753. The summed E-state index contributed by atoms with van der Waals surface area (Å²) in [6.45, 7) is 3.66. The second-order valence-corrected chi connectivity index (χ2v) is 6.98. The van der Waals surface area contributed by atoms with Crippen LogP contribution in [-0.4, -0.2) is 49.4 Å². The summed E-state index contributed by atoms with van der Waals surface area (Å²) in [5.41, 5.74) is 1.14. The van der Waals surface area contributed by atoms with Crippen LogP contribution >= 0.6 is 11.8 Å². The molecule has 0 N–H and O–H groups in total. The van der Waals surface area contributed by atoms with Crippen LogP contribution in [-0.2, 0) is 11.3 Å². The minimum Gasteiger partial charge on any atom is -0.339 e. The molecule has 0 radical (unpaired) electrons. The number of thioether (sulfide) groups is 1. The number of aromatic nitrogens is 4. The number of piperidine rings is 1. The Bertz CT molecular complexity index is 660. The topological polar surface area (TPSA) is 63.9 Å². The van der Waals surface area contributed by atoms with Gasteiger partial charge in [0.05, 0.1) is 12.3 Å². The van der Waals surface area contributed by atoms with Crippen molar-refractivity contribution in [2.75, 3.05) is 12.3 Å². The first-order valence-corrected chi connectivity index (χ1v) is 9.49. The number of rotatable bonds is 6. The Morgan fingerprint density at radius 3 is 2.92 bits per heavy atom. The molecule has 1 saturated heterocycles. The Morgan fingerprint density at radius 1 is 1.29 bits per heavy atom. The number of hydrogen-bond donors (Lipinski definition) is 0. The molecule has 3 rings (SSSR count). The summed E-state index contributed by atoms with van der Waals surface area (Å²) < 4.78 is 1.75. The second-order valence-electron chi connectivity index (χ2n) is 6.04. The Labute approximate surface area is 146 Å². The van der Waals surface area contributed by atoms with E-state index in [-0.39, 0.29) is 5.91 Å². The standard InChI is InChI=1S/C17H23N5OS/c1-2-15-10-6-7-11-21(15)16(23)13-24-17-18-19-20-22(17)12-14-8-4-3-5-9-14/h3-5,8-9,15H,2,6-7,10-13H2,1H3. The number of tetrazole rings is 1. The Hall–Kier alpha value is -1.89. The number of carbonyl (C=O) groups is 1. The van der Waals surface area contributed by atoms with Crippen molar-refractivity contribution in [3.63, 3.8) is 0 Å². The fourth-order valence-electron chi connectivity index (χ4n) is 3.12. The molecule has 1 aromatic carbocycles. The molecule has 1 unspecified atom stereocenters. The lowest BCUT2D eigenvalue weighted by Crippen LogP contribution is -2.44. The van der Waals surface area contributed by atoms with Gasteiger partial charge >= 0.3 is 0 Å². The summed E-state index contributed by atoms with van der Waals surface area (Å²) in [7, 11) is 0. The van der Waals surface area contributed by atoms with E-state index in [2.05, 4.69) is 22.4 Å². The number of amides is 1. The van der Waals surface area contributed by atoms with Crippen molar-refractivity contribution in [2.24, 2.45) is 0 Å². The highest BCUT2D eigenvalue weighted by molar-refractivity contribution is 7.99. The van der Waals surface area contributed by atoms with Gasteiger partial charge in [-0.2, -0.15) is 0 Å². The lowest BCUT2D eigenvalue weighted by molar-refractivity contribution is -0.132. The van der Waals surface area contributed by atoms with E-state index < -0.39 is 0 Å². The molecule has 7 heteroatoms. The van der Waals surface area contributed by atoms with Gasteiger partial charge in [-0.3, -0.25) is 4.79 Å². The van der Waals surface area contributed by atoms with Gasteiger partial charge in [0.1, 0.15) is 0 Å². The fraction of sp³-hybridized carbons (Fsp3) is 0.529. The molecule has 1 fully saturated rings. The molecule has 1 amide bonds. The second kappa shape index (κ2) is 8.28. The highest BCUT2D eigenvalue weighted by Gasteiger charge is 2.25. The van der Waals surface area contributed by atoms with Crippen LogP contribution in [0.3, 0.4) is 0 Å². The van der Waals surface area contributed by atoms with Gasteiger partial charge in [0.2, 0.25) is 11.1 Å².